The number of hydrogen-bond donors (Lipinski definition) is 2. The number of aliphatic hydroxyl groups is 1. The highest BCUT2D eigenvalue weighted by Gasteiger charge is 2.71. The summed E-state index contributed by atoms with van der Waals surface area (Å²) in [5, 5.41) is 9.82. The third-order valence-corrected chi connectivity index (χ3v) is 7.75. The molecule has 3 aromatic rings. The molecule has 1 saturated heterocycles. The molecule has 0 saturated carbocycles. The van der Waals surface area contributed by atoms with Gasteiger partial charge in [-0.25, -0.2) is 18.4 Å². The molecule has 0 atom stereocenters. The molecule has 0 amide bonds. The van der Waals surface area contributed by atoms with Gasteiger partial charge in [-0.05, 0) is 24.3 Å². The van der Waals surface area contributed by atoms with Crippen molar-refractivity contribution in [1.82, 2.24) is 14.3 Å². The lowest BCUT2D eigenvalue weighted by atomic mass is 9.91. The van der Waals surface area contributed by atoms with E-state index in [0.29, 0.717) is 12.3 Å². The van der Waals surface area contributed by atoms with Gasteiger partial charge in [0.25, 0.3) is 5.60 Å². The molecule has 0 bridgehead atoms. The van der Waals surface area contributed by atoms with Crippen molar-refractivity contribution < 1.29 is 44.3 Å². The number of hydrogen-bond acceptors (Lipinski definition) is 8. The van der Waals surface area contributed by atoms with Crippen molar-refractivity contribution in [3.8, 4) is 11.1 Å². The predicted molar refractivity (Wildman–Crippen MR) is 118 cm³/mol. The molecule has 16 heteroatoms. The van der Waals surface area contributed by atoms with Gasteiger partial charge in [-0.1, -0.05) is 0 Å². The topological polar surface area (TPSA) is 126 Å². The van der Waals surface area contributed by atoms with E-state index in [9.17, 15) is 39.9 Å². The van der Waals surface area contributed by atoms with Crippen LogP contribution in [0.3, 0.4) is 0 Å². The standard InChI is InChI=1S/C21H19F6N5O4S/c22-20(23,24)19(33,21(25,26)27)14-9-16(13-3-8-36-12-13)18(30-10-14)31-4-6-32(7-5-31)37(34,35)15-1-2-17(28)29-11-15/h1-3,8-12,33H,4-7H2,(H2,28,29). The van der Waals surface area contributed by atoms with Gasteiger partial charge in [0.2, 0.25) is 10.0 Å². The summed E-state index contributed by atoms with van der Waals surface area (Å²) >= 11 is 0. The minimum atomic E-state index is -6.08. The lowest BCUT2D eigenvalue weighted by Gasteiger charge is -2.36. The van der Waals surface area contributed by atoms with Crippen LogP contribution in [0.5, 0.6) is 0 Å². The number of piperazine rings is 1. The van der Waals surface area contributed by atoms with Crippen LogP contribution in [0.1, 0.15) is 5.56 Å². The van der Waals surface area contributed by atoms with Gasteiger partial charge in [-0.15, -0.1) is 0 Å². The number of anilines is 2. The van der Waals surface area contributed by atoms with E-state index >= 15 is 0 Å². The fraction of sp³-hybridized carbons (Fsp3) is 0.333. The monoisotopic (exact) mass is 551 g/mol. The third-order valence-electron chi connectivity index (χ3n) is 5.87. The van der Waals surface area contributed by atoms with Crippen LogP contribution in [0, 0.1) is 0 Å². The lowest BCUT2D eigenvalue weighted by Crippen LogP contribution is -2.54. The van der Waals surface area contributed by atoms with Crippen molar-refractivity contribution in [2.45, 2.75) is 22.8 Å². The molecule has 1 aliphatic rings. The number of furan rings is 1. The van der Waals surface area contributed by atoms with Crippen molar-refractivity contribution >= 4 is 21.7 Å². The highest BCUT2D eigenvalue weighted by molar-refractivity contribution is 7.89. The molecule has 0 spiro atoms. The van der Waals surface area contributed by atoms with Gasteiger partial charge in [0, 0.05) is 55.3 Å². The van der Waals surface area contributed by atoms with E-state index in [4.69, 9.17) is 10.2 Å². The van der Waals surface area contributed by atoms with Crippen molar-refractivity contribution in [2.75, 3.05) is 36.8 Å². The molecule has 4 heterocycles. The first-order chi connectivity index (χ1) is 17.2. The van der Waals surface area contributed by atoms with Gasteiger partial charge >= 0.3 is 12.4 Å². The number of halogens is 6. The quantitative estimate of drug-likeness (QED) is 0.464. The molecule has 4 rings (SSSR count). The normalized spacial score (nSPS) is 16.2. The Kier molecular flexibility index (Phi) is 6.62. The van der Waals surface area contributed by atoms with Gasteiger partial charge < -0.3 is 20.2 Å². The van der Waals surface area contributed by atoms with E-state index in [1.807, 2.05) is 0 Å². The Balaban J connectivity index is 1.67. The van der Waals surface area contributed by atoms with E-state index in [1.54, 1.807) is 0 Å². The summed E-state index contributed by atoms with van der Waals surface area (Å²) in [6, 6.07) is 4.48. The van der Waals surface area contributed by atoms with Crippen molar-refractivity contribution in [3.05, 3.63) is 54.7 Å². The number of alkyl halides is 6. The summed E-state index contributed by atoms with van der Waals surface area (Å²) in [6.45, 7) is -0.0880. The highest BCUT2D eigenvalue weighted by Crippen LogP contribution is 2.51. The Morgan fingerprint density at radius 3 is 2.11 bits per heavy atom. The van der Waals surface area contributed by atoms with Crippen molar-refractivity contribution in [2.24, 2.45) is 0 Å². The molecule has 0 radical (unpaired) electrons. The largest absolute Gasteiger partial charge is 0.472 e. The van der Waals surface area contributed by atoms with E-state index in [2.05, 4.69) is 9.97 Å². The maximum absolute atomic E-state index is 13.4. The molecule has 1 aliphatic heterocycles. The maximum Gasteiger partial charge on any atom is 0.430 e. The zero-order valence-electron chi connectivity index (χ0n) is 18.7. The lowest BCUT2D eigenvalue weighted by molar-refractivity contribution is -0.376. The van der Waals surface area contributed by atoms with E-state index in [-0.39, 0.29) is 53.8 Å². The van der Waals surface area contributed by atoms with Gasteiger partial charge in [-0.2, -0.15) is 30.6 Å². The summed E-state index contributed by atoms with van der Waals surface area (Å²) in [5.74, 6) is 0.121. The van der Waals surface area contributed by atoms with Crippen LogP contribution in [0.4, 0.5) is 38.0 Å². The van der Waals surface area contributed by atoms with Crippen molar-refractivity contribution in [3.63, 3.8) is 0 Å². The van der Waals surface area contributed by atoms with Crippen LogP contribution in [0.2, 0.25) is 0 Å². The molecule has 37 heavy (non-hydrogen) atoms. The highest BCUT2D eigenvalue weighted by atomic mass is 32.2. The number of aromatic nitrogens is 2. The third kappa shape index (κ3) is 4.71. The van der Waals surface area contributed by atoms with Crippen molar-refractivity contribution in [1.29, 1.82) is 0 Å². The minimum Gasteiger partial charge on any atom is -0.472 e. The second-order valence-corrected chi connectivity index (χ2v) is 10.1. The average Bonchev–Trinajstić information content (AvgIpc) is 3.37. The molecule has 200 valence electrons. The zero-order chi connectivity index (χ0) is 27.2. The number of nitrogen functional groups attached to an aromatic ring is 1. The number of nitrogens with two attached hydrogens (primary N) is 1. The molecule has 3 N–H and O–H groups in total. The van der Waals surface area contributed by atoms with Gasteiger partial charge in [0.1, 0.15) is 16.5 Å². The van der Waals surface area contributed by atoms with Crippen LogP contribution >= 0.6 is 0 Å². The second-order valence-electron chi connectivity index (χ2n) is 8.12. The Labute approximate surface area is 206 Å². The predicted octanol–water partition coefficient (Wildman–Crippen LogP) is 3.14. The Morgan fingerprint density at radius 1 is 0.946 bits per heavy atom. The molecule has 0 aliphatic carbocycles. The Bertz CT molecular complexity index is 1340. The van der Waals surface area contributed by atoms with Crippen LogP contribution in [-0.4, -0.2) is 66.3 Å². The molecule has 1 fully saturated rings. The van der Waals surface area contributed by atoms with Gasteiger partial charge in [0.15, 0.2) is 0 Å². The number of sulfonamides is 1. The van der Waals surface area contributed by atoms with Crippen LogP contribution in [0.15, 0.2) is 58.5 Å². The average molecular weight is 551 g/mol. The summed E-state index contributed by atoms with van der Waals surface area (Å²) in [6.07, 6.45) is -8.49. The molecule has 0 aromatic carbocycles. The summed E-state index contributed by atoms with van der Waals surface area (Å²) in [4.78, 5) is 9.03. The molecular weight excluding hydrogens is 532 g/mol. The molecule has 3 aromatic heterocycles. The summed E-state index contributed by atoms with van der Waals surface area (Å²) in [7, 11) is -3.93. The first-order valence-corrected chi connectivity index (χ1v) is 12.0. The summed E-state index contributed by atoms with van der Waals surface area (Å²) < 4.78 is 112. The summed E-state index contributed by atoms with van der Waals surface area (Å²) in [5.41, 5.74) is -1.26. The van der Waals surface area contributed by atoms with Crippen LogP contribution in [0.25, 0.3) is 11.1 Å². The van der Waals surface area contributed by atoms with Crippen LogP contribution in [-0.2, 0) is 15.6 Å². The minimum absolute atomic E-state index is 0.0111. The van der Waals surface area contributed by atoms with Gasteiger partial charge in [0.05, 0.1) is 12.5 Å². The smallest absolute Gasteiger partial charge is 0.430 e. The Morgan fingerprint density at radius 2 is 1.59 bits per heavy atom. The van der Waals surface area contributed by atoms with Crippen LogP contribution < -0.4 is 10.6 Å². The molecular formula is C21H19F6N5O4S. The molecule has 9 nitrogen and oxygen atoms in total. The maximum atomic E-state index is 13.4. The molecule has 0 unspecified atom stereocenters. The van der Waals surface area contributed by atoms with E-state index < -0.39 is 33.5 Å². The Hall–Kier alpha value is -3.37. The number of rotatable bonds is 5. The SMILES string of the molecule is Nc1ccc(S(=O)(=O)N2CCN(c3ncc(C(O)(C(F)(F)F)C(F)(F)F)cc3-c3ccoc3)CC2)cn1. The van der Waals surface area contributed by atoms with Gasteiger partial charge in [-0.3, -0.25) is 0 Å². The second kappa shape index (κ2) is 9.18. The fourth-order valence-electron chi connectivity index (χ4n) is 3.86. The van der Waals surface area contributed by atoms with E-state index in [0.717, 1.165) is 23.0 Å². The number of pyridine rings is 2. The van der Waals surface area contributed by atoms with E-state index in [1.165, 1.54) is 23.1 Å². The number of nitrogens with zero attached hydrogens (tertiary/aromatic N) is 4. The first-order valence-electron chi connectivity index (χ1n) is 10.5. The fourth-order valence-corrected chi connectivity index (χ4v) is 5.23. The zero-order valence-corrected chi connectivity index (χ0v) is 19.5. The first kappa shape index (κ1) is 26.7.